The number of allylic oxidation sites excluding steroid dienone is 4. The Hall–Kier alpha value is 0.350. The molecule has 0 aromatic carbocycles. The summed E-state index contributed by atoms with van der Waals surface area (Å²) in [4.78, 5) is 0. The summed E-state index contributed by atoms with van der Waals surface area (Å²) in [6, 6.07) is 0. The first-order valence-corrected chi connectivity index (χ1v) is 38.0. The second-order valence-electron chi connectivity index (χ2n) is 17.5. The maximum absolute atomic E-state index is 5.02. The molecule has 0 saturated carbocycles. The molecule has 1 heteroatoms. The predicted molar refractivity (Wildman–Crippen MR) is 110 cm³/mol. The second kappa shape index (κ2) is 3.72. The van der Waals surface area contributed by atoms with Gasteiger partial charge in [-0.05, 0) is 0 Å². The fourth-order valence-electron chi connectivity index (χ4n) is 6.82. The molecule has 0 aromatic heterocycles. The number of unbranched alkanes of at least 4 members (excludes halogenated alkanes) is 3. The van der Waals surface area contributed by atoms with Crippen LogP contribution in [0, 0.1) is 0 Å². The summed E-state index contributed by atoms with van der Waals surface area (Å²) >= 11 is -5.02. The van der Waals surface area contributed by atoms with Crippen molar-refractivity contribution in [2.24, 2.45) is 0 Å². The van der Waals surface area contributed by atoms with Gasteiger partial charge in [-0.3, -0.25) is 0 Å². The molecule has 0 unspecified atom stereocenters. The van der Waals surface area contributed by atoms with E-state index in [9.17, 15) is 0 Å². The van der Waals surface area contributed by atoms with Crippen LogP contribution in [-0.2, 0) is 12.6 Å². The average molecular weight is 490 g/mol. The van der Waals surface area contributed by atoms with Crippen molar-refractivity contribution in [1.29, 1.82) is 0 Å². The van der Waals surface area contributed by atoms with Crippen molar-refractivity contribution in [3.8, 4) is 0 Å². The molecule has 1 aliphatic rings. The van der Waals surface area contributed by atoms with E-state index >= 15 is 0 Å². The molecule has 1 aliphatic carbocycles. The predicted octanol–water partition coefficient (Wildman–Crippen LogP) is 9.56. The van der Waals surface area contributed by atoms with Crippen LogP contribution in [0.1, 0.15) is 65.7 Å². The monoisotopic (exact) mass is 491 g/mol. The molecule has 0 heterocycles. The molecule has 0 radical (unpaired) electrons. The van der Waals surface area contributed by atoms with Gasteiger partial charge in [0.25, 0.3) is 0 Å². The van der Waals surface area contributed by atoms with E-state index in [1.165, 1.54) is 57.5 Å². The van der Waals surface area contributed by atoms with Gasteiger partial charge in [-0.1, -0.05) is 0 Å². The van der Waals surface area contributed by atoms with Gasteiger partial charge in [-0.2, -0.15) is 0 Å². The molecule has 139 valence electrons. The first-order chi connectivity index (χ1) is 10.0. The molecule has 0 saturated heterocycles. The molecule has 0 atom stereocenters. The molecule has 0 N–H and O–H groups in total. The first-order valence-electron chi connectivity index (χ1n) is 10.6. The summed E-state index contributed by atoms with van der Waals surface area (Å²) in [5.41, 5.74) is 0. The van der Waals surface area contributed by atoms with Crippen LogP contribution in [0.4, 0.5) is 0 Å². The van der Waals surface area contributed by atoms with Crippen LogP contribution in [0.5, 0.6) is 0 Å². The molecule has 0 spiro atoms. The van der Waals surface area contributed by atoms with Crippen molar-refractivity contribution < 1.29 is 12.6 Å². The normalized spacial score (nSPS) is 24.5. The van der Waals surface area contributed by atoms with E-state index in [-0.39, 0.29) is 0 Å². The van der Waals surface area contributed by atoms with Gasteiger partial charge >= 0.3 is 136 Å². The third-order valence-electron chi connectivity index (χ3n) is 9.83. The fourth-order valence-corrected chi connectivity index (χ4v) is 53.4. The van der Waals surface area contributed by atoms with Gasteiger partial charge in [0.1, 0.15) is 0 Å². The van der Waals surface area contributed by atoms with Gasteiger partial charge in [0.05, 0.1) is 0 Å². The van der Waals surface area contributed by atoms with E-state index in [0.717, 1.165) is 0 Å². The van der Waals surface area contributed by atoms with Crippen LogP contribution in [0.2, 0.25) is 35.9 Å². The van der Waals surface area contributed by atoms with Crippen LogP contribution in [0.25, 0.3) is 0 Å². The molecule has 0 aliphatic heterocycles. The van der Waals surface area contributed by atoms with Crippen LogP contribution < -0.4 is 0 Å². The van der Waals surface area contributed by atoms with E-state index in [1.807, 2.05) is 3.33 Å². The summed E-state index contributed by atoms with van der Waals surface area (Å²) in [7, 11) is 0. The number of rotatable bonds is 10. The van der Waals surface area contributed by atoms with Gasteiger partial charge in [-0.15, -0.1) is 0 Å². The van der Waals surface area contributed by atoms with E-state index in [1.54, 1.807) is 0 Å². The molecule has 1 rings (SSSR count). The fraction of sp³-hybridized carbons (Fsp3) is 0.818. The molecule has 0 aromatic rings. The van der Waals surface area contributed by atoms with Gasteiger partial charge in [0.15, 0.2) is 0 Å². The molecular formula is C22H47Hf. The Bertz CT molecular complexity index is 563. The van der Waals surface area contributed by atoms with Gasteiger partial charge in [0.2, 0.25) is 0 Å². The Balaban J connectivity index is 3.96. The standard InChI is InChI=1S/C5H5.3C4H9.5CH3.Hf/c1-2-4-5-3-1;3*1-3-4-2;;;;;;/h1-3H,4H2;3*1,3-4H2,2H3;5*1H3;. The minimum absolute atomic E-state index is 1.18. The Kier molecular flexibility index (Phi) is 3.46. The zero-order valence-corrected chi connectivity index (χ0v) is 21.4. The van der Waals surface area contributed by atoms with Crippen molar-refractivity contribution in [2.75, 3.05) is 0 Å². The topological polar surface area (TPSA) is 0 Å². The third-order valence-corrected chi connectivity index (χ3v) is 68.7. The average Bonchev–Trinajstić information content (AvgIpc) is 2.99. The molecule has 0 amide bonds. The van der Waals surface area contributed by atoms with Crippen LogP contribution >= 0.6 is 0 Å². The summed E-state index contributed by atoms with van der Waals surface area (Å²) in [5, 5.41) is 0. The zero-order chi connectivity index (χ0) is 18.1. The van der Waals surface area contributed by atoms with Gasteiger partial charge < -0.3 is 0 Å². The Morgan fingerprint density at radius 3 is 1.39 bits per heavy atom. The molecule has 23 heavy (non-hydrogen) atoms. The molecule has 0 fully saturated rings. The molecule has 0 nitrogen and oxygen atoms in total. The van der Waals surface area contributed by atoms with E-state index in [4.69, 9.17) is 0 Å². The van der Waals surface area contributed by atoms with Crippen LogP contribution in [0.3, 0.4) is 0 Å². The first kappa shape index (κ1) is 21.4. The van der Waals surface area contributed by atoms with Crippen molar-refractivity contribution >= 4 is 0 Å². The SMILES string of the molecule is CCC[CH2][Hf]([CH3])([CH3])([CH3])([CH3])([CH3])([CH2]CCC)([CH2]CCC)[C]1=CC=CC1. The second-order valence-corrected chi connectivity index (χ2v) is 117. The number of hydrogen-bond donors (Lipinski definition) is 0. The van der Waals surface area contributed by atoms with Crippen LogP contribution in [0.15, 0.2) is 21.6 Å². The summed E-state index contributed by atoms with van der Waals surface area (Å²) < 4.78 is 20.3. The minimum atomic E-state index is -5.02. The van der Waals surface area contributed by atoms with Crippen molar-refractivity contribution in [1.82, 2.24) is 0 Å². The Morgan fingerprint density at radius 1 is 0.739 bits per heavy atom. The summed E-state index contributed by atoms with van der Waals surface area (Å²) in [5.74, 6) is 0. The summed E-state index contributed by atoms with van der Waals surface area (Å²) in [6.45, 7) is 7.11. The molecular weight excluding hydrogens is 443 g/mol. The van der Waals surface area contributed by atoms with Crippen LogP contribution in [-0.4, -0.2) is 0 Å². The van der Waals surface area contributed by atoms with E-state index in [0.29, 0.717) is 0 Å². The van der Waals surface area contributed by atoms with Crippen molar-refractivity contribution in [3.05, 3.63) is 21.6 Å². The zero-order valence-electron chi connectivity index (χ0n) is 17.8. The van der Waals surface area contributed by atoms with Crippen molar-refractivity contribution in [2.45, 2.75) is 102 Å². The van der Waals surface area contributed by atoms with E-state index in [2.05, 4.69) is 62.4 Å². The van der Waals surface area contributed by atoms with Gasteiger partial charge in [-0.25, -0.2) is 0 Å². The molecule has 0 bridgehead atoms. The van der Waals surface area contributed by atoms with E-state index < -0.39 is 12.6 Å². The Labute approximate surface area is 135 Å². The van der Waals surface area contributed by atoms with Gasteiger partial charge in [0, 0.05) is 0 Å². The number of hydrogen-bond acceptors (Lipinski definition) is 0. The Morgan fingerprint density at radius 2 is 1.13 bits per heavy atom. The summed E-state index contributed by atoms with van der Waals surface area (Å²) in [6.07, 6.45) is 16.5. The van der Waals surface area contributed by atoms with Crippen molar-refractivity contribution in [3.63, 3.8) is 0 Å². The third kappa shape index (κ3) is 3.25. The quantitative estimate of drug-likeness (QED) is 0.268. The maximum atomic E-state index is 2.85.